The Morgan fingerprint density at radius 2 is 1.82 bits per heavy atom. The number of nitrogens with two attached hydrogens (primary N) is 1. The molecule has 3 aromatic heterocycles. The molecular weight excluding hydrogens is 512 g/mol. The number of nitrogens with zero attached hydrogens (tertiary/aromatic N) is 5. The molecule has 0 aliphatic heterocycles. The fourth-order valence-electron chi connectivity index (χ4n) is 5.93. The van der Waals surface area contributed by atoms with Crippen molar-refractivity contribution >= 4 is 36.3 Å². The van der Waals surface area contributed by atoms with Crippen LogP contribution in [0.1, 0.15) is 82.8 Å². The Morgan fingerprint density at radius 1 is 1.10 bits per heavy atom. The van der Waals surface area contributed by atoms with E-state index in [4.69, 9.17) is 15.7 Å². The predicted molar refractivity (Wildman–Crippen MR) is 165 cm³/mol. The maximum Gasteiger partial charge on any atom is 0.204 e. The van der Waals surface area contributed by atoms with Crippen LogP contribution in [-0.2, 0) is 11.8 Å². The van der Waals surface area contributed by atoms with E-state index in [1.54, 1.807) is 0 Å². The van der Waals surface area contributed by atoms with Crippen molar-refractivity contribution in [1.29, 1.82) is 0 Å². The quantitative estimate of drug-likeness (QED) is 0.286. The second-order valence-electron chi connectivity index (χ2n) is 13.1. The number of rotatable bonds is 4. The highest BCUT2D eigenvalue weighted by molar-refractivity contribution is 6.87. The number of fused-ring (bicyclic) bond motifs is 1. The van der Waals surface area contributed by atoms with Crippen LogP contribution in [0.2, 0.25) is 18.1 Å². The molecule has 8 heteroatoms. The minimum atomic E-state index is -1.78. The number of ketones is 1. The first kappa shape index (κ1) is 28.2. The summed E-state index contributed by atoms with van der Waals surface area (Å²) < 4.78 is 2.08. The Morgan fingerprint density at radius 3 is 2.45 bits per heavy atom. The molecule has 3 aromatic rings. The van der Waals surface area contributed by atoms with Crippen molar-refractivity contribution in [2.45, 2.75) is 90.8 Å². The smallest absolute Gasteiger partial charge is 0.204 e. The molecule has 0 aromatic carbocycles. The number of carbonyl (C=O) groups excluding carboxylic acids is 1. The number of aromatic nitrogens is 5. The summed E-state index contributed by atoms with van der Waals surface area (Å²) in [7, 11) is 0.228. The molecule has 0 radical (unpaired) electrons. The van der Waals surface area contributed by atoms with E-state index in [0.717, 1.165) is 65.7 Å². The van der Waals surface area contributed by atoms with Gasteiger partial charge in [0.25, 0.3) is 0 Å². The second kappa shape index (κ2) is 10.6. The van der Waals surface area contributed by atoms with Crippen molar-refractivity contribution in [1.82, 2.24) is 24.5 Å². The molecule has 0 bridgehead atoms. The molecule has 3 heterocycles. The van der Waals surface area contributed by atoms with Gasteiger partial charge < -0.3 is 10.3 Å². The lowest BCUT2D eigenvalue weighted by atomic mass is 9.79. The van der Waals surface area contributed by atoms with Crippen molar-refractivity contribution in [3.63, 3.8) is 0 Å². The number of allylic oxidation sites excluding steroid dienone is 2. The number of aryl methyl sites for hydroxylation is 2. The third-order valence-corrected chi connectivity index (χ3v) is 14.0. The Labute approximate surface area is 239 Å². The van der Waals surface area contributed by atoms with Gasteiger partial charge in [0.1, 0.15) is 31.6 Å². The van der Waals surface area contributed by atoms with Gasteiger partial charge in [-0.05, 0) is 55.6 Å². The molecule has 2 aliphatic carbocycles. The Bertz CT molecular complexity index is 1560. The SMILES string of the molecule is Cc1nc(C#C[Si](C)(C)C(C)(C)C)ncc1-c1c(C2=CC[C@H](C(=O)C3CCCC3)CC2)c2c(N)ncnc2n1C. The molecule has 40 heavy (non-hydrogen) atoms. The minimum absolute atomic E-state index is 0.114. The van der Waals surface area contributed by atoms with E-state index in [-0.39, 0.29) is 16.9 Å². The molecule has 2 N–H and O–H groups in total. The molecule has 1 fully saturated rings. The third-order valence-electron chi connectivity index (χ3n) is 9.48. The molecule has 1 atom stereocenters. The van der Waals surface area contributed by atoms with E-state index in [0.29, 0.717) is 17.4 Å². The van der Waals surface area contributed by atoms with E-state index in [1.165, 1.54) is 24.7 Å². The maximum absolute atomic E-state index is 13.2. The molecule has 0 unspecified atom stereocenters. The highest BCUT2D eigenvalue weighted by atomic mass is 28.3. The van der Waals surface area contributed by atoms with Crippen LogP contribution >= 0.6 is 0 Å². The molecule has 0 saturated heterocycles. The number of Topliss-reactive ketones (excluding diaryl/α,β-unsaturated/α-hetero) is 1. The highest BCUT2D eigenvalue weighted by Gasteiger charge is 2.34. The first-order chi connectivity index (χ1) is 18.9. The van der Waals surface area contributed by atoms with Crippen molar-refractivity contribution in [2.24, 2.45) is 18.9 Å². The summed E-state index contributed by atoms with van der Waals surface area (Å²) in [5, 5.41) is 1.02. The molecule has 5 rings (SSSR count). The summed E-state index contributed by atoms with van der Waals surface area (Å²) in [5.74, 6) is 5.13. The van der Waals surface area contributed by atoms with Crippen LogP contribution in [0.4, 0.5) is 5.82 Å². The highest BCUT2D eigenvalue weighted by Crippen LogP contribution is 2.44. The van der Waals surface area contributed by atoms with Crippen LogP contribution in [0.25, 0.3) is 27.9 Å². The van der Waals surface area contributed by atoms with Gasteiger partial charge in [-0.1, -0.05) is 52.8 Å². The van der Waals surface area contributed by atoms with E-state index >= 15 is 0 Å². The van der Waals surface area contributed by atoms with Gasteiger partial charge in [0, 0.05) is 36.2 Å². The maximum atomic E-state index is 13.2. The Hall–Kier alpha value is -3.31. The van der Waals surface area contributed by atoms with Crippen molar-refractivity contribution in [2.75, 3.05) is 5.73 Å². The molecular formula is C32H42N6OSi. The van der Waals surface area contributed by atoms with E-state index in [1.807, 2.05) is 20.2 Å². The molecule has 210 valence electrons. The van der Waals surface area contributed by atoms with Gasteiger partial charge in [0.15, 0.2) is 0 Å². The fraction of sp³-hybridized carbons (Fsp3) is 0.531. The molecule has 0 spiro atoms. The largest absolute Gasteiger partial charge is 0.383 e. The molecule has 2 aliphatic rings. The van der Waals surface area contributed by atoms with Gasteiger partial charge in [0.05, 0.1) is 16.8 Å². The Balaban J connectivity index is 1.56. The monoisotopic (exact) mass is 554 g/mol. The zero-order valence-corrected chi connectivity index (χ0v) is 26.1. The predicted octanol–water partition coefficient (Wildman–Crippen LogP) is 6.66. The average Bonchev–Trinajstić information content (AvgIpc) is 3.55. The van der Waals surface area contributed by atoms with Crippen molar-refractivity contribution in [3.05, 3.63) is 35.7 Å². The van der Waals surface area contributed by atoms with Gasteiger partial charge >= 0.3 is 0 Å². The first-order valence-corrected chi connectivity index (χ1v) is 17.6. The minimum Gasteiger partial charge on any atom is -0.383 e. The summed E-state index contributed by atoms with van der Waals surface area (Å²) in [6, 6.07) is 0. The zero-order chi connectivity index (χ0) is 28.8. The average molecular weight is 555 g/mol. The van der Waals surface area contributed by atoms with Crippen LogP contribution in [0.3, 0.4) is 0 Å². The number of nitrogen functional groups attached to an aromatic ring is 1. The summed E-state index contributed by atoms with van der Waals surface area (Å²) >= 11 is 0. The van der Waals surface area contributed by atoms with E-state index in [9.17, 15) is 4.79 Å². The Kier molecular flexibility index (Phi) is 7.47. The fourth-order valence-corrected chi connectivity index (χ4v) is 6.73. The normalized spacial score (nSPS) is 18.5. The molecule has 7 nitrogen and oxygen atoms in total. The van der Waals surface area contributed by atoms with Gasteiger partial charge in [-0.3, -0.25) is 4.79 Å². The lowest BCUT2D eigenvalue weighted by Crippen LogP contribution is -2.35. The number of anilines is 1. The van der Waals surface area contributed by atoms with E-state index < -0.39 is 8.07 Å². The zero-order valence-electron chi connectivity index (χ0n) is 25.1. The first-order valence-electron chi connectivity index (χ1n) is 14.6. The van der Waals surface area contributed by atoms with Crippen LogP contribution in [0.15, 0.2) is 18.6 Å². The number of hydrogen-bond donors (Lipinski definition) is 1. The topological polar surface area (TPSA) is 99.6 Å². The second-order valence-corrected chi connectivity index (χ2v) is 18.1. The molecule has 1 saturated carbocycles. The summed E-state index contributed by atoms with van der Waals surface area (Å²) in [4.78, 5) is 31.6. The van der Waals surface area contributed by atoms with Crippen molar-refractivity contribution < 1.29 is 4.79 Å². The van der Waals surface area contributed by atoms with Crippen LogP contribution < -0.4 is 5.73 Å². The van der Waals surface area contributed by atoms with Gasteiger partial charge in [-0.15, -0.1) is 5.54 Å². The summed E-state index contributed by atoms with van der Waals surface area (Å²) in [5.41, 5.74) is 15.8. The lowest BCUT2D eigenvalue weighted by Gasteiger charge is -2.31. The number of carbonyl (C=O) groups is 1. The van der Waals surface area contributed by atoms with Crippen LogP contribution in [0.5, 0.6) is 0 Å². The number of hydrogen-bond acceptors (Lipinski definition) is 6. The molecule has 0 amide bonds. The third kappa shape index (κ3) is 5.12. The summed E-state index contributed by atoms with van der Waals surface area (Å²) in [6.45, 7) is 13.4. The van der Waals surface area contributed by atoms with Gasteiger partial charge in [-0.2, -0.15) is 0 Å². The van der Waals surface area contributed by atoms with Crippen LogP contribution in [0, 0.1) is 30.2 Å². The van der Waals surface area contributed by atoms with Gasteiger partial charge in [-0.25, -0.2) is 19.9 Å². The van der Waals surface area contributed by atoms with Crippen LogP contribution in [-0.4, -0.2) is 38.4 Å². The summed E-state index contributed by atoms with van der Waals surface area (Å²) in [6.07, 6.45) is 12.6. The van der Waals surface area contributed by atoms with E-state index in [2.05, 4.69) is 65.9 Å². The lowest BCUT2D eigenvalue weighted by molar-refractivity contribution is -0.126. The van der Waals surface area contributed by atoms with Crippen molar-refractivity contribution in [3.8, 4) is 22.7 Å². The van der Waals surface area contributed by atoms with Gasteiger partial charge in [0.2, 0.25) is 5.82 Å². The standard InChI is InChI=1S/C32H42N6OSi/c1-20-24(18-34-25(37-20)16-17-40(6,7)32(2,3)4)28-26(27-30(33)35-19-36-31(27)38(28)5)21-12-14-23(15-13-21)29(39)22-10-8-9-11-22/h12,18-19,22-23H,8-11,13-15H2,1-7H3,(H2,33,35,36)/t23-/m0/s1.